The molecule has 0 aliphatic heterocycles. The van der Waals surface area contributed by atoms with Gasteiger partial charge in [-0.2, -0.15) is 0 Å². The summed E-state index contributed by atoms with van der Waals surface area (Å²) in [6, 6.07) is 3.61. The lowest BCUT2D eigenvalue weighted by atomic mass is 9.84. The molecule has 2 rings (SSSR count). The molecule has 0 saturated heterocycles. The van der Waals surface area contributed by atoms with Gasteiger partial charge in [0.1, 0.15) is 0 Å². The van der Waals surface area contributed by atoms with Crippen LogP contribution in [0.15, 0.2) is 12.1 Å². The molecule has 1 saturated carbocycles. The van der Waals surface area contributed by atoms with Crippen LogP contribution < -0.4 is 9.47 Å². The summed E-state index contributed by atoms with van der Waals surface area (Å²) >= 11 is 6.13. The fraction of sp³-hybridized carbons (Fsp3) is 0.600. The summed E-state index contributed by atoms with van der Waals surface area (Å²) in [5, 5.41) is 10.2. The zero-order valence-electron chi connectivity index (χ0n) is 11.7. The Bertz CT molecular complexity index is 453. The lowest BCUT2D eigenvalue weighted by Gasteiger charge is -2.32. The highest BCUT2D eigenvalue weighted by Crippen LogP contribution is 2.42. The standard InChI is InChI=1S/C15H21ClO3/c1-15(2,9-17)12-7-10(16)8-13(18-3)14(12)19-11-5-4-6-11/h7-8,11,17H,4-6,9H2,1-3H3. The Morgan fingerprint density at radius 1 is 1.37 bits per heavy atom. The maximum absolute atomic E-state index is 9.59. The van der Waals surface area contributed by atoms with E-state index in [2.05, 4.69) is 0 Å². The number of rotatable bonds is 5. The Morgan fingerprint density at radius 3 is 2.53 bits per heavy atom. The summed E-state index contributed by atoms with van der Waals surface area (Å²) in [7, 11) is 1.61. The third kappa shape index (κ3) is 2.98. The maximum Gasteiger partial charge on any atom is 0.165 e. The van der Waals surface area contributed by atoms with Gasteiger partial charge >= 0.3 is 0 Å². The number of hydrogen-bond donors (Lipinski definition) is 1. The van der Waals surface area contributed by atoms with Crippen LogP contribution in [0.3, 0.4) is 0 Å². The van der Waals surface area contributed by atoms with Crippen molar-refractivity contribution in [1.82, 2.24) is 0 Å². The molecule has 106 valence electrons. The summed E-state index contributed by atoms with van der Waals surface area (Å²) in [6.45, 7) is 3.95. The first-order valence-corrected chi connectivity index (χ1v) is 7.01. The Hall–Kier alpha value is -0.930. The minimum absolute atomic E-state index is 0.0253. The van der Waals surface area contributed by atoms with Crippen molar-refractivity contribution in [2.24, 2.45) is 0 Å². The molecule has 0 aromatic heterocycles. The average Bonchev–Trinajstić information content (AvgIpc) is 2.33. The predicted octanol–water partition coefficient (Wildman–Crippen LogP) is 3.55. The lowest BCUT2D eigenvalue weighted by Crippen LogP contribution is -2.28. The van der Waals surface area contributed by atoms with E-state index in [0.29, 0.717) is 10.8 Å². The van der Waals surface area contributed by atoms with Gasteiger partial charge in [-0.3, -0.25) is 0 Å². The van der Waals surface area contributed by atoms with Crippen LogP contribution in [0.2, 0.25) is 5.02 Å². The smallest absolute Gasteiger partial charge is 0.165 e. The van der Waals surface area contributed by atoms with E-state index >= 15 is 0 Å². The highest BCUT2D eigenvalue weighted by molar-refractivity contribution is 6.30. The minimum atomic E-state index is -0.419. The molecule has 1 aliphatic carbocycles. The van der Waals surface area contributed by atoms with Crippen molar-refractivity contribution < 1.29 is 14.6 Å². The van der Waals surface area contributed by atoms with Crippen LogP contribution in [0.5, 0.6) is 11.5 Å². The molecule has 1 aliphatic rings. The quantitative estimate of drug-likeness (QED) is 0.899. The number of ether oxygens (including phenoxy) is 2. The van der Waals surface area contributed by atoms with Gasteiger partial charge in [0, 0.05) is 22.1 Å². The summed E-state index contributed by atoms with van der Waals surface area (Å²) in [5.74, 6) is 1.35. The number of aliphatic hydroxyl groups is 1. The topological polar surface area (TPSA) is 38.7 Å². The van der Waals surface area contributed by atoms with Crippen molar-refractivity contribution in [3.63, 3.8) is 0 Å². The first-order chi connectivity index (χ1) is 8.97. The van der Waals surface area contributed by atoms with Gasteiger partial charge < -0.3 is 14.6 Å². The highest BCUT2D eigenvalue weighted by Gasteiger charge is 2.29. The van der Waals surface area contributed by atoms with Gasteiger partial charge in [0.05, 0.1) is 19.8 Å². The molecule has 0 atom stereocenters. The first kappa shape index (κ1) is 14.5. The number of methoxy groups -OCH3 is 1. The maximum atomic E-state index is 9.59. The third-order valence-electron chi connectivity index (χ3n) is 3.70. The molecule has 1 fully saturated rings. The summed E-state index contributed by atoms with van der Waals surface area (Å²) < 4.78 is 11.4. The molecule has 0 amide bonds. The molecule has 0 spiro atoms. The summed E-state index contributed by atoms with van der Waals surface area (Å²) in [6.07, 6.45) is 3.61. The normalized spacial score (nSPS) is 16.1. The van der Waals surface area contributed by atoms with E-state index in [4.69, 9.17) is 21.1 Å². The molecule has 3 nitrogen and oxygen atoms in total. The van der Waals surface area contributed by atoms with E-state index in [9.17, 15) is 5.11 Å². The first-order valence-electron chi connectivity index (χ1n) is 6.63. The molecular weight excluding hydrogens is 264 g/mol. The SMILES string of the molecule is COc1cc(Cl)cc(C(C)(C)CO)c1OC1CCC1. The van der Waals surface area contributed by atoms with Crippen LogP contribution >= 0.6 is 11.6 Å². The number of halogens is 1. The van der Waals surface area contributed by atoms with Crippen LogP contribution in [-0.4, -0.2) is 24.9 Å². The van der Waals surface area contributed by atoms with Gasteiger partial charge in [-0.25, -0.2) is 0 Å². The molecule has 0 unspecified atom stereocenters. The van der Waals surface area contributed by atoms with Crippen LogP contribution in [0.4, 0.5) is 0 Å². The van der Waals surface area contributed by atoms with Gasteiger partial charge in [-0.1, -0.05) is 25.4 Å². The molecular formula is C15H21ClO3. The molecule has 4 heteroatoms. The molecule has 19 heavy (non-hydrogen) atoms. The fourth-order valence-corrected chi connectivity index (χ4v) is 2.29. The van der Waals surface area contributed by atoms with E-state index in [1.165, 1.54) is 6.42 Å². The second kappa shape index (κ2) is 5.59. The van der Waals surface area contributed by atoms with Gasteiger partial charge in [-0.05, 0) is 25.3 Å². The lowest BCUT2D eigenvalue weighted by molar-refractivity contribution is 0.111. The molecule has 0 radical (unpaired) electrons. The minimum Gasteiger partial charge on any atom is -0.493 e. The van der Waals surface area contributed by atoms with Crippen molar-refractivity contribution in [2.75, 3.05) is 13.7 Å². The summed E-state index contributed by atoms with van der Waals surface area (Å²) in [5.41, 5.74) is 0.475. The number of benzene rings is 1. The molecule has 1 aromatic rings. The number of aliphatic hydroxyl groups excluding tert-OH is 1. The molecule has 1 N–H and O–H groups in total. The van der Waals surface area contributed by atoms with E-state index in [-0.39, 0.29) is 12.7 Å². The Labute approximate surface area is 119 Å². The van der Waals surface area contributed by atoms with Crippen LogP contribution in [0, 0.1) is 0 Å². The monoisotopic (exact) mass is 284 g/mol. The van der Waals surface area contributed by atoms with E-state index in [1.54, 1.807) is 13.2 Å². The van der Waals surface area contributed by atoms with E-state index < -0.39 is 5.41 Å². The van der Waals surface area contributed by atoms with Gasteiger partial charge in [0.2, 0.25) is 0 Å². The molecule has 0 heterocycles. The largest absolute Gasteiger partial charge is 0.493 e. The Kier molecular flexibility index (Phi) is 4.26. The molecule has 0 bridgehead atoms. The second-order valence-electron chi connectivity index (χ2n) is 5.70. The second-order valence-corrected chi connectivity index (χ2v) is 6.13. The highest BCUT2D eigenvalue weighted by atomic mass is 35.5. The molecule has 1 aromatic carbocycles. The fourth-order valence-electron chi connectivity index (χ4n) is 2.08. The number of hydrogen-bond acceptors (Lipinski definition) is 3. The van der Waals surface area contributed by atoms with E-state index in [1.807, 2.05) is 19.9 Å². The average molecular weight is 285 g/mol. The Morgan fingerprint density at radius 2 is 2.05 bits per heavy atom. The Balaban J connectivity index is 2.45. The van der Waals surface area contributed by atoms with Crippen molar-refractivity contribution in [1.29, 1.82) is 0 Å². The van der Waals surface area contributed by atoms with Crippen LogP contribution in [0.1, 0.15) is 38.7 Å². The zero-order valence-corrected chi connectivity index (χ0v) is 12.5. The van der Waals surface area contributed by atoms with Crippen molar-refractivity contribution >= 4 is 11.6 Å². The van der Waals surface area contributed by atoms with Crippen LogP contribution in [-0.2, 0) is 5.41 Å². The van der Waals surface area contributed by atoms with E-state index in [0.717, 1.165) is 24.2 Å². The van der Waals surface area contributed by atoms with Crippen LogP contribution in [0.25, 0.3) is 0 Å². The zero-order chi connectivity index (χ0) is 14.0. The van der Waals surface area contributed by atoms with Crippen molar-refractivity contribution in [3.8, 4) is 11.5 Å². The summed E-state index contributed by atoms with van der Waals surface area (Å²) in [4.78, 5) is 0. The third-order valence-corrected chi connectivity index (χ3v) is 3.92. The van der Waals surface area contributed by atoms with Gasteiger partial charge in [-0.15, -0.1) is 0 Å². The van der Waals surface area contributed by atoms with Crippen molar-refractivity contribution in [3.05, 3.63) is 22.7 Å². The van der Waals surface area contributed by atoms with Crippen molar-refractivity contribution in [2.45, 2.75) is 44.6 Å². The van der Waals surface area contributed by atoms with Gasteiger partial charge in [0.25, 0.3) is 0 Å². The predicted molar refractivity (Wildman–Crippen MR) is 76.4 cm³/mol. The van der Waals surface area contributed by atoms with Gasteiger partial charge in [0.15, 0.2) is 11.5 Å².